The zero-order valence-electron chi connectivity index (χ0n) is 32.4. The van der Waals surface area contributed by atoms with Crippen molar-refractivity contribution in [3.05, 3.63) is 77.0 Å². The fourth-order valence-corrected chi connectivity index (χ4v) is 8.58. The molecular formula is C43H58N6O6. The number of piperidine rings is 1. The molecule has 4 heterocycles. The number of hydrogen-bond acceptors (Lipinski definition) is 10. The van der Waals surface area contributed by atoms with Crippen LogP contribution in [0.1, 0.15) is 67.2 Å². The van der Waals surface area contributed by atoms with Crippen LogP contribution in [-0.2, 0) is 38.4 Å². The lowest BCUT2D eigenvalue weighted by molar-refractivity contribution is -0.134. The maximum Gasteiger partial charge on any atom is 0.262 e. The molecule has 1 aliphatic carbocycles. The first-order chi connectivity index (χ1) is 26.8. The Kier molecular flexibility index (Phi) is 13.2. The van der Waals surface area contributed by atoms with Crippen LogP contribution in [0.25, 0.3) is 0 Å². The minimum atomic E-state index is -0.275. The zero-order valence-corrected chi connectivity index (χ0v) is 32.4. The molecule has 12 nitrogen and oxygen atoms in total. The third kappa shape index (κ3) is 10.3. The summed E-state index contributed by atoms with van der Waals surface area (Å²) < 4.78 is 18.1. The van der Waals surface area contributed by atoms with Gasteiger partial charge in [0.1, 0.15) is 17.3 Å². The minimum absolute atomic E-state index is 0.000866. The van der Waals surface area contributed by atoms with Crippen LogP contribution in [0.3, 0.4) is 0 Å². The molecule has 3 N–H and O–H groups in total. The van der Waals surface area contributed by atoms with Gasteiger partial charge in [-0.3, -0.25) is 14.5 Å². The van der Waals surface area contributed by atoms with Gasteiger partial charge in [-0.2, -0.15) is 0 Å². The van der Waals surface area contributed by atoms with Gasteiger partial charge in [0.25, 0.3) is 5.91 Å². The van der Waals surface area contributed by atoms with E-state index in [1.54, 1.807) is 6.07 Å². The average Bonchev–Trinajstić information content (AvgIpc) is 3.73. The lowest BCUT2D eigenvalue weighted by Gasteiger charge is -2.47. The molecule has 2 saturated heterocycles. The maximum atomic E-state index is 13.4. The molecular weight excluding hydrogens is 697 g/mol. The number of aromatic nitrogens is 1. The summed E-state index contributed by atoms with van der Waals surface area (Å²) in [5.41, 5.74) is 4.98. The van der Waals surface area contributed by atoms with Crippen LogP contribution in [0.4, 0.5) is 11.5 Å². The molecule has 0 radical (unpaired) electrons. The highest BCUT2D eigenvalue weighted by molar-refractivity contribution is 5.97. The van der Waals surface area contributed by atoms with Crippen molar-refractivity contribution in [2.45, 2.75) is 82.9 Å². The Morgan fingerprint density at radius 1 is 1.05 bits per heavy atom. The average molecular weight is 755 g/mol. The van der Waals surface area contributed by atoms with Gasteiger partial charge < -0.3 is 39.8 Å². The summed E-state index contributed by atoms with van der Waals surface area (Å²) in [6.07, 6.45) is 10.3. The number of amides is 2. The topological polar surface area (TPSA) is 129 Å². The van der Waals surface area contributed by atoms with Gasteiger partial charge in [-0.25, -0.2) is 4.98 Å². The number of phenols is 1. The molecule has 7 rings (SSSR count). The molecule has 3 aromatic rings. The predicted molar refractivity (Wildman–Crippen MR) is 213 cm³/mol. The minimum Gasteiger partial charge on any atom is -0.506 e. The maximum absolute atomic E-state index is 13.4. The second kappa shape index (κ2) is 18.6. The molecule has 0 bridgehead atoms. The lowest BCUT2D eigenvalue weighted by atomic mass is 9.89. The number of fused-ring (bicyclic) bond motifs is 1. The summed E-state index contributed by atoms with van der Waals surface area (Å²) in [6.45, 7) is 10.6. The number of nitrogens with zero attached hydrogens (tertiary/aromatic N) is 4. The number of carbonyl (C=O) groups excluding carboxylic acids is 2. The van der Waals surface area contributed by atoms with Crippen molar-refractivity contribution >= 4 is 23.3 Å². The molecule has 12 heteroatoms. The normalized spacial score (nSPS) is 18.6. The third-order valence-corrected chi connectivity index (χ3v) is 11.6. The Morgan fingerprint density at radius 2 is 1.89 bits per heavy atom. The highest BCUT2D eigenvalue weighted by Crippen LogP contribution is 2.39. The van der Waals surface area contributed by atoms with Gasteiger partial charge in [0.15, 0.2) is 12.4 Å². The first-order valence-corrected chi connectivity index (χ1v) is 20.3. The SMILES string of the molecule is Cc1ccnc(N2CCOC3(CCN(Cc4cccc(CCOCCC(=O)N(CCNCCc5ccc(O)c6c5OCC(=O)N6)C5CCCC5)c4)CC3)C2)c1. The van der Waals surface area contributed by atoms with Crippen LogP contribution in [0.15, 0.2) is 54.7 Å². The number of anilines is 2. The van der Waals surface area contributed by atoms with E-state index in [1.807, 2.05) is 18.3 Å². The summed E-state index contributed by atoms with van der Waals surface area (Å²) in [5, 5.41) is 16.3. The van der Waals surface area contributed by atoms with Crippen LogP contribution in [-0.4, -0.2) is 116 Å². The van der Waals surface area contributed by atoms with Gasteiger partial charge >= 0.3 is 0 Å². The number of phenolic OH excluding ortho intramolecular Hbond substituents is 1. The van der Waals surface area contributed by atoms with Crippen LogP contribution < -0.4 is 20.3 Å². The fraction of sp³-hybridized carbons (Fsp3) is 0.558. The Hall–Kier alpha value is -4.23. The van der Waals surface area contributed by atoms with Crippen molar-refractivity contribution in [2.24, 2.45) is 0 Å². The number of ether oxygens (including phenoxy) is 3. The molecule has 2 aromatic carbocycles. The smallest absolute Gasteiger partial charge is 0.262 e. The molecule has 296 valence electrons. The number of aryl methyl sites for hydroxylation is 1. The van der Waals surface area contributed by atoms with Gasteiger partial charge in [0.05, 0.1) is 31.8 Å². The van der Waals surface area contributed by atoms with Crippen molar-refractivity contribution in [1.82, 2.24) is 20.1 Å². The number of carbonyl (C=O) groups is 2. The first-order valence-electron chi connectivity index (χ1n) is 20.3. The van der Waals surface area contributed by atoms with Crippen LogP contribution in [0, 0.1) is 6.92 Å². The highest BCUT2D eigenvalue weighted by atomic mass is 16.5. The van der Waals surface area contributed by atoms with Crippen molar-refractivity contribution in [3.63, 3.8) is 0 Å². The lowest BCUT2D eigenvalue weighted by Crippen LogP contribution is -2.57. The van der Waals surface area contributed by atoms with Crippen molar-refractivity contribution in [2.75, 3.05) is 82.5 Å². The van der Waals surface area contributed by atoms with E-state index in [9.17, 15) is 14.7 Å². The third-order valence-electron chi connectivity index (χ3n) is 11.6. The number of hydrogen-bond donors (Lipinski definition) is 3. The number of morpholine rings is 1. The van der Waals surface area contributed by atoms with Crippen molar-refractivity contribution in [3.8, 4) is 11.5 Å². The van der Waals surface area contributed by atoms with E-state index in [4.69, 9.17) is 14.2 Å². The molecule has 3 fully saturated rings. The molecule has 0 atom stereocenters. The second-order valence-corrected chi connectivity index (χ2v) is 15.7. The predicted octanol–water partition coefficient (Wildman–Crippen LogP) is 4.85. The largest absolute Gasteiger partial charge is 0.506 e. The summed E-state index contributed by atoms with van der Waals surface area (Å²) >= 11 is 0. The summed E-state index contributed by atoms with van der Waals surface area (Å²) in [4.78, 5) is 36.8. The molecule has 3 aliphatic heterocycles. The van der Waals surface area contributed by atoms with E-state index in [2.05, 4.69) is 67.6 Å². The molecule has 1 aromatic heterocycles. The highest BCUT2D eigenvalue weighted by Gasteiger charge is 2.40. The van der Waals surface area contributed by atoms with Crippen molar-refractivity contribution < 1.29 is 28.9 Å². The van der Waals surface area contributed by atoms with E-state index in [1.165, 1.54) is 16.7 Å². The van der Waals surface area contributed by atoms with Gasteiger partial charge in [-0.05, 0) is 92.4 Å². The van der Waals surface area contributed by atoms with Crippen LogP contribution in [0.2, 0.25) is 0 Å². The van der Waals surface area contributed by atoms with Gasteiger partial charge in [0.2, 0.25) is 5.91 Å². The standard InChI is InChI=1S/C43H58N6O6/c1-32-11-18-45-38(27-32)48-23-26-55-43(31-48)15-20-47(21-16-43)29-34-6-4-5-33(28-34)13-24-53-25-14-40(52)49(36-7-2-3-8-36)22-19-44-17-12-35-9-10-37(50)41-42(35)54-30-39(51)46-41/h4-6,9-11,18,27-28,36,44,50H,2-3,7-8,12-17,19-26,29-31H2,1H3,(H,46,51). The molecule has 1 spiro atoms. The molecule has 55 heavy (non-hydrogen) atoms. The monoisotopic (exact) mass is 754 g/mol. The Labute approximate surface area is 325 Å². The fourth-order valence-electron chi connectivity index (χ4n) is 8.58. The number of pyridine rings is 1. The van der Waals surface area contributed by atoms with Crippen LogP contribution >= 0.6 is 0 Å². The van der Waals surface area contributed by atoms with E-state index < -0.39 is 0 Å². The van der Waals surface area contributed by atoms with Gasteiger partial charge in [-0.1, -0.05) is 43.2 Å². The summed E-state index contributed by atoms with van der Waals surface area (Å²) in [6, 6.07) is 16.8. The second-order valence-electron chi connectivity index (χ2n) is 15.7. The number of likely N-dealkylation sites (tertiary alicyclic amines) is 1. The summed E-state index contributed by atoms with van der Waals surface area (Å²) in [7, 11) is 0. The molecule has 0 unspecified atom stereocenters. The number of rotatable bonds is 16. The molecule has 2 amide bonds. The molecule has 4 aliphatic rings. The van der Waals surface area contributed by atoms with Gasteiger partial charge in [-0.15, -0.1) is 0 Å². The van der Waals surface area contributed by atoms with E-state index >= 15 is 0 Å². The zero-order chi connectivity index (χ0) is 38.0. The number of aromatic hydroxyl groups is 1. The Morgan fingerprint density at radius 3 is 2.73 bits per heavy atom. The Balaban J connectivity index is 0.804. The quantitative estimate of drug-likeness (QED) is 0.138. The molecule has 1 saturated carbocycles. The Bertz CT molecular complexity index is 1760. The van der Waals surface area contributed by atoms with E-state index in [0.717, 1.165) is 95.7 Å². The van der Waals surface area contributed by atoms with Gasteiger partial charge in [0, 0.05) is 58.1 Å². The first kappa shape index (κ1) is 39.0. The van der Waals surface area contributed by atoms with Crippen LogP contribution in [0.5, 0.6) is 11.5 Å². The van der Waals surface area contributed by atoms with E-state index in [0.29, 0.717) is 63.2 Å². The summed E-state index contributed by atoms with van der Waals surface area (Å²) in [5.74, 6) is 1.47. The van der Waals surface area contributed by atoms with E-state index in [-0.39, 0.29) is 29.8 Å². The van der Waals surface area contributed by atoms with Crippen molar-refractivity contribution in [1.29, 1.82) is 0 Å². The number of benzene rings is 2. The number of nitrogens with one attached hydrogen (secondary N) is 2.